The molecule has 0 bridgehead atoms. The highest BCUT2D eigenvalue weighted by molar-refractivity contribution is 5.97. The van der Waals surface area contributed by atoms with Gasteiger partial charge < -0.3 is 5.32 Å². The molecule has 0 aromatic heterocycles. The standard InChI is InChI=1S/C17H13NO/c19-12-18-15-8-3-7-14(11-15)17-10-4-6-13-5-1-2-9-16(13)17/h1-12H,(H,18,19). The third-order valence-corrected chi connectivity index (χ3v) is 3.19. The zero-order valence-corrected chi connectivity index (χ0v) is 10.3. The predicted octanol–water partition coefficient (Wildman–Crippen LogP) is 4.08. The fourth-order valence-electron chi connectivity index (χ4n) is 2.32. The second kappa shape index (κ2) is 4.94. The first-order chi connectivity index (χ1) is 9.38. The van der Waals surface area contributed by atoms with E-state index in [1.54, 1.807) is 0 Å². The lowest BCUT2D eigenvalue weighted by molar-refractivity contribution is -0.105. The molecule has 0 heterocycles. The van der Waals surface area contributed by atoms with E-state index in [0.29, 0.717) is 6.41 Å². The van der Waals surface area contributed by atoms with Crippen molar-refractivity contribution in [2.24, 2.45) is 0 Å². The minimum absolute atomic E-state index is 0.697. The van der Waals surface area contributed by atoms with Crippen molar-refractivity contribution in [2.45, 2.75) is 0 Å². The second-order valence-electron chi connectivity index (χ2n) is 4.37. The zero-order valence-electron chi connectivity index (χ0n) is 10.3. The van der Waals surface area contributed by atoms with Crippen molar-refractivity contribution in [3.63, 3.8) is 0 Å². The molecule has 3 aromatic rings. The molecule has 0 radical (unpaired) electrons. The number of fused-ring (bicyclic) bond motifs is 1. The Labute approximate surface area is 111 Å². The fourth-order valence-corrected chi connectivity index (χ4v) is 2.32. The molecule has 3 rings (SSSR count). The molecule has 19 heavy (non-hydrogen) atoms. The third kappa shape index (κ3) is 2.20. The molecular weight excluding hydrogens is 234 g/mol. The zero-order chi connectivity index (χ0) is 13.1. The van der Waals surface area contributed by atoms with Gasteiger partial charge in [0.2, 0.25) is 6.41 Å². The minimum atomic E-state index is 0.697. The lowest BCUT2D eigenvalue weighted by atomic mass is 9.98. The quantitative estimate of drug-likeness (QED) is 0.694. The van der Waals surface area contributed by atoms with Crippen LogP contribution in [0.2, 0.25) is 0 Å². The van der Waals surface area contributed by atoms with Crippen molar-refractivity contribution in [1.82, 2.24) is 0 Å². The summed E-state index contributed by atoms with van der Waals surface area (Å²) in [6.07, 6.45) is 0.697. The molecule has 2 nitrogen and oxygen atoms in total. The molecule has 1 amide bonds. The van der Waals surface area contributed by atoms with Crippen LogP contribution < -0.4 is 5.32 Å². The SMILES string of the molecule is O=CNc1cccc(-c2cccc3ccccc23)c1. The number of hydrogen-bond donors (Lipinski definition) is 1. The molecule has 0 fully saturated rings. The number of carbonyl (C=O) groups excluding carboxylic acids is 1. The van der Waals surface area contributed by atoms with Gasteiger partial charge in [-0.15, -0.1) is 0 Å². The largest absolute Gasteiger partial charge is 0.329 e. The summed E-state index contributed by atoms with van der Waals surface area (Å²) in [5.41, 5.74) is 3.08. The first-order valence-electron chi connectivity index (χ1n) is 6.17. The van der Waals surface area contributed by atoms with Gasteiger partial charge in [-0.05, 0) is 34.0 Å². The number of anilines is 1. The molecule has 0 aliphatic carbocycles. The number of amides is 1. The summed E-state index contributed by atoms with van der Waals surface area (Å²) < 4.78 is 0. The first-order valence-corrected chi connectivity index (χ1v) is 6.17. The Morgan fingerprint density at radius 1 is 0.842 bits per heavy atom. The third-order valence-electron chi connectivity index (χ3n) is 3.19. The molecule has 0 unspecified atom stereocenters. The highest BCUT2D eigenvalue weighted by Gasteiger charge is 2.03. The van der Waals surface area contributed by atoms with Gasteiger partial charge in [0, 0.05) is 5.69 Å². The van der Waals surface area contributed by atoms with Gasteiger partial charge in [0.25, 0.3) is 0 Å². The maximum absolute atomic E-state index is 10.5. The van der Waals surface area contributed by atoms with Crippen LogP contribution in [0, 0.1) is 0 Å². The first kappa shape index (κ1) is 11.5. The van der Waals surface area contributed by atoms with Crippen LogP contribution in [0.3, 0.4) is 0 Å². The summed E-state index contributed by atoms with van der Waals surface area (Å²) in [4.78, 5) is 10.5. The van der Waals surface area contributed by atoms with Crippen LogP contribution in [-0.4, -0.2) is 6.41 Å². The summed E-state index contributed by atoms with van der Waals surface area (Å²) in [7, 11) is 0. The predicted molar refractivity (Wildman–Crippen MR) is 79.1 cm³/mol. The van der Waals surface area contributed by atoms with Crippen LogP contribution in [0.1, 0.15) is 0 Å². The Hall–Kier alpha value is -2.61. The summed E-state index contributed by atoms with van der Waals surface area (Å²) in [6.45, 7) is 0. The van der Waals surface area contributed by atoms with E-state index in [4.69, 9.17) is 0 Å². The van der Waals surface area contributed by atoms with Gasteiger partial charge in [0.15, 0.2) is 0 Å². The Balaban J connectivity index is 2.18. The van der Waals surface area contributed by atoms with Crippen molar-refractivity contribution >= 4 is 22.9 Å². The van der Waals surface area contributed by atoms with E-state index in [9.17, 15) is 4.79 Å². The topological polar surface area (TPSA) is 29.1 Å². The molecule has 92 valence electrons. The molecule has 0 atom stereocenters. The number of benzene rings is 3. The van der Waals surface area contributed by atoms with Crippen LogP contribution in [-0.2, 0) is 4.79 Å². The van der Waals surface area contributed by atoms with E-state index in [2.05, 4.69) is 41.7 Å². The van der Waals surface area contributed by atoms with Crippen molar-refractivity contribution in [2.75, 3.05) is 5.32 Å². The van der Waals surface area contributed by atoms with E-state index < -0.39 is 0 Å². The number of hydrogen-bond acceptors (Lipinski definition) is 1. The Morgan fingerprint density at radius 3 is 2.53 bits per heavy atom. The van der Waals surface area contributed by atoms with Crippen LogP contribution in [0.25, 0.3) is 21.9 Å². The maximum Gasteiger partial charge on any atom is 0.211 e. The highest BCUT2D eigenvalue weighted by atomic mass is 16.1. The molecule has 0 aliphatic rings. The van der Waals surface area contributed by atoms with Crippen molar-refractivity contribution in [1.29, 1.82) is 0 Å². The normalized spacial score (nSPS) is 10.3. The number of rotatable bonds is 3. The average molecular weight is 247 g/mol. The molecular formula is C17H13NO. The van der Waals surface area contributed by atoms with Gasteiger partial charge in [-0.2, -0.15) is 0 Å². The summed E-state index contributed by atoms with van der Waals surface area (Å²) in [6, 6.07) is 22.4. The maximum atomic E-state index is 10.5. The van der Waals surface area contributed by atoms with Gasteiger partial charge in [-0.3, -0.25) is 4.79 Å². The summed E-state index contributed by atoms with van der Waals surface area (Å²) >= 11 is 0. The average Bonchev–Trinajstić information content (AvgIpc) is 2.47. The Morgan fingerprint density at radius 2 is 1.63 bits per heavy atom. The molecule has 0 saturated carbocycles. The van der Waals surface area contributed by atoms with Gasteiger partial charge in [-0.25, -0.2) is 0 Å². The Kier molecular flexibility index (Phi) is 2.99. The van der Waals surface area contributed by atoms with E-state index in [1.165, 1.54) is 16.3 Å². The van der Waals surface area contributed by atoms with Crippen molar-refractivity contribution in [3.8, 4) is 11.1 Å². The van der Waals surface area contributed by atoms with E-state index in [1.807, 2.05) is 30.3 Å². The minimum Gasteiger partial charge on any atom is -0.329 e. The molecule has 3 aromatic carbocycles. The molecule has 0 spiro atoms. The van der Waals surface area contributed by atoms with Crippen LogP contribution in [0.5, 0.6) is 0 Å². The van der Waals surface area contributed by atoms with Gasteiger partial charge in [-0.1, -0.05) is 54.6 Å². The highest BCUT2D eigenvalue weighted by Crippen LogP contribution is 2.29. The van der Waals surface area contributed by atoms with Gasteiger partial charge in [0.1, 0.15) is 0 Å². The molecule has 0 saturated heterocycles. The van der Waals surface area contributed by atoms with Crippen molar-refractivity contribution in [3.05, 3.63) is 66.7 Å². The summed E-state index contributed by atoms with van der Waals surface area (Å²) in [5.74, 6) is 0. The van der Waals surface area contributed by atoms with Gasteiger partial charge in [0.05, 0.1) is 0 Å². The molecule has 0 aliphatic heterocycles. The number of nitrogens with one attached hydrogen (secondary N) is 1. The van der Waals surface area contributed by atoms with Crippen molar-refractivity contribution < 1.29 is 4.79 Å². The summed E-state index contributed by atoms with van der Waals surface area (Å²) in [5, 5.41) is 5.12. The monoisotopic (exact) mass is 247 g/mol. The van der Waals surface area contributed by atoms with Gasteiger partial charge >= 0.3 is 0 Å². The van der Waals surface area contributed by atoms with E-state index in [-0.39, 0.29) is 0 Å². The molecule has 2 heteroatoms. The lowest BCUT2D eigenvalue weighted by Gasteiger charge is -2.08. The van der Waals surface area contributed by atoms with E-state index in [0.717, 1.165) is 11.3 Å². The Bertz CT molecular complexity index is 729. The van der Waals surface area contributed by atoms with Crippen LogP contribution in [0.4, 0.5) is 5.69 Å². The van der Waals surface area contributed by atoms with Crippen LogP contribution >= 0.6 is 0 Å². The number of carbonyl (C=O) groups is 1. The smallest absolute Gasteiger partial charge is 0.211 e. The second-order valence-corrected chi connectivity index (χ2v) is 4.37. The van der Waals surface area contributed by atoms with Crippen LogP contribution in [0.15, 0.2) is 66.7 Å². The lowest BCUT2D eigenvalue weighted by Crippen LogP contribution is -1.93. The van der Waals surface area contributed by atoms with E-state index >= 15 is 0 Å². The molecule has 1 N–H and O–H groups in total. The fraction of sp³-hybridized carbons (Fsp3) is 0.